The summed E-state index contributed by atoms with van der Waals surface area (Å²) < 4.78 is 0. The average Bonchev–Trinajstić information content (AvgIpc) is 2.27. The van der Waals surface area contributed by atoms with E-state index in [-0.39, 0.29) is 0 Å². The molecule has 0 spiro atoms. The normalized spacial score (nSPS) is 37.5. The SMILES string of the molecule is OC1NC2CC=CC=C2S1. The summed E-state index contributed by atoms with van der Waals surface area (Å²) >= 11 is 1.50. The van der Waals surface area contributed by atoms with E-state index < -0.39 is 5.56 Å². The summed E-state index contributed by atoms with van der Waals surface area (Å²) in [6, 6.07) is 0.380. The highest BCUT2D eigenvalue weighted by molar-refractivity contribution is 8.03. The molecule has 3 heteroatoms. The van der Waals surface area contributed by atoms with E-state index in [0.29, 0.717) is 6.04 Å². The summed E-state index contributed by atoms with van der Waals surface area (Å²) in [5.41, 5.74) is -0.392. The van der Waals surface area contributed by atoms with E-state index >= 15 is 0 Å². The van der Waals surface area contributed by atoms with Gasteiger partial charge in [0.15, 0.2) is 5.56 Å². The summed E-state index contributed by atoms with van der Waals surface area (Å²) in [7, 11) is 0. The molecule has 1 heterocycles. The molecule has 1 saturated heterocycles. The lowest BCUT2D eigenvalue weighted by atomic mass is 10.1. The number of hydrogen-bond donors (Lipinski definition) is 2. The van der Waals surface area contributed by atoms with Crippen LogP contribution in [0.25, 0.3) is 0 Å². The Kier molecular flexibility index (Phi) is 1.56. The van der Waals surface area contributed by atoms with Crippen LogP contribution < -0.4 is 5.32 Å². The van der Waals surface area contributed by atoms with Gasteiger partial charge in [-0.05, 0) is 6.42 Å². The lowest BCUT2D eigenvalue weighted by Gasteiger charge is -2.10. The molecular weight excluding hydrogens is 146 g/mol. The van der Waals surface area contributed by atoms with Crippen molar-refractivity contribution in [3.05, 3.63) is 23.1 Å². The smallest absolute Gasteiger partial charge is 0.157 e. The van der Waals surface area contributed by atoms with Crippen LogP contribution >= 0.6 is 11.8 Å². The van der Waals surface area contributed by atoms with E-state index in [1.165, 1.54) is 16.7 Å². The Balaban J connectivity index is 2.18. The molecule has 0 amide bonds. The minimum Gasteiger partial charge on any atom is -0.369 e. The summed E-state index contributed by atoms with van der Waals surface area (Å²) in [6.07, 6.45) is 7.22. The molecule has 2 nitrogen and oxygen atoms in total. The van der Waals surface area contributed by atoms with Crippen LogP contribution in [0.4, 0.5) is 0 Å². The number of allylic oxidation sites excluding steroid dienone is 2. The topological polar surface area (TPSA) is 32.3 Å². The van der Waals surface area contributed by atoms with Gasteiger partial charge in [-0.2, -0.15) is 0 Å². The van der Waals surface area contributed by atoms with Gasteiger partial charge in [0.1, 0.15) is 0 Å². The molecule has 2 rings (SSSR count). The van der Waals surface area contributed by atoms with Crippen molar-refractivity contribution < 1.29 is 5.11 Å². The van der Waals surface area contributed by atoms with Crippen LogP contribution in [-0.2, 0) is 0 Å². The first-order valence-corrected chi connectivity index (χ1v) is 4.22. The number of aliphatic hydroxyl groups is 1. The molecule has 10 heavy (non-hydrogen) atoms. The first kappa shape index (κ1) is 6.46. The Bertz CT molecular complexity index is 200. The van der Waals surface area contributed by atoms with Gasteiger partial charge in [-0.15, -0.1) is 0 Å². The Hall–Kier alpha value is -0.250. The van der Waals surface area contributed by atoms with Crippen molar-refractivity contribution in [1.82, 2.24) is 5.32 Å². The molecule has 0 aromatic heterocycles. The number of nitrogens with one attached hydrogen (secondary N) is 1. The Labute approximate surface area is 64.0 Å². The van der Waals surface area contributed by atoms with E-state index in [9.17, 15) is 0 Å². The van der Waals surface area contributed by atoms with Crippen molar-refractivity contribution in [3.8, 4) is 0 Å². The molecule has 1 aliphatic heterocycles. The zero-order chi connectivity index (χ0) is 6.97. The summed E-state index contributed by atoms with van der Waals surface area (Å²) in [6.45, 7) is 0. The summed E-state index contributed by atoms with van der Waals surface area (Å²) in [4.78, 5) is 1.26. The maximum Gasteiger partial charge on any atom is 0.157 e. The Morgan fingerprint density at radius 2 is 2.60 bits per heavy atom. The van der Waals surface area contributed by atoms with Gasteiger partial charge in [0.05, 0.1) is 0 Å². The quantitative estimate of drug-likeness (QED) is 0.543. The highest BCUT2D eigenvalue weighted by Crippen LogP contribution is 2.33. The van der Waals surface area contributed by atoms with Gasteiger partial charge >= 0.3 is 0 Å². The highest BCUT2D eigenvalue weighted by atomic mass is 32.2. The van der Waals surface area contributed by atoms with Crippen LogP contribution in [0, 0.1) is 0 Å². The molecule has 1 fully saturated rings. The number of hydrogen-bond acceptors (Lipinski definition) is 3. The third-order valence-electron chi connectivity index (χ3n) is 1.70. The van der Waals surface area contributed by atoms with Crippen LogP contribution in [-0.4, -0.2) is 16.7 Å². The zero-order valence-corrected chi connectivity index (χ0v) is 6.27. The third-order valence-corrected chi connectivity index (χ3v) is 2.76. The molecular formula is C7H9NOS. The Morgan fingerprint density at radius 3 is 3.40 bits per heavy atom. The molecule has 0 radical (unpaired) electrons. The average molecular weight is 155 g/mol. The van der Waals surface area contributed by atoms with Crippen molar-refractivity contribution in [2.24, 2.45) is 0 Å². The van der Waals surface area contributed by atoms with Crippen molar-refractivity contribution in [2.75, 3.05) is 0 Å². The second kappa shape index (κ2) is 2.42. The van der Waals surface area contributed by atoms with Crippen LogP contribution in [0.1, 0.15) is 6.42 Å². The second-order valence-corrected chi connectivity index (χ2v) is 3.58. The highest BCUT2D eigenvalue weighted by Gasteiger charge is 2.27. The number of fused-ring (bicyclic) bond motifs is 1. The number of rotatable bonds is 0. The largest absolute Gasteiger partial charge is 0.369 e. The molecule has 0 bridgehead atoms. The molecule has 2 atom stereocenters. The molecule has 2 aliphatic rings. The van der Waals surface area contributed by atoms with Crippen LogP contribution in [0.15, 0.2) is 23.1 Å². The molecule has 2 N–H and O–H groups in total. The molecule has 0 aromatic carbocycles. The fourth-order valence-corrected chi connectivity index (χ4v) is 2.19. The minimum atomic E-state index is -0.392. The van der Waals surface area contributed by atoms with E-state index in [4.69, 9.17) is 5.11 Å². The molecule has 2 unspecified atom stereocenters. The molecule has 0 saturated carbocycles. The van der Waals surface area contributed by atoms with Crippen LogP contribution in [0.3, 0.4) is 0 Å². The maximum absolute atomic E-state index is 9.14. The van der Waals surface area contributed by atoms with Gasteiger partial charge < -0.3 is 5.11 Å². The lowest BCUT2D eigenvalue weighted by Crippen LogP contribution is -2.28. The predicted molar refractivity (Wildman–Crippen MR) is 42.4 cm³/mol. The summed E-state index contributed by atoms with van der Waals surface area (Å²) in [5.74, 6) is 0. The van der Waals surface area contributed by atoms with E-state index in [0.717, 1.165) is 6.42 Å². The molecule has 54 valence electrons. The van der Waals surface area contributed by atoms with Gasteiger partial charge in [-0.1, -0.05) is 30.0 Å². The van der Waals surface area contributed by atoms with Crippen molar-refractivity contribution in [2.45, 2.75) is 18.0 Å². The Morgan fingerprint density at radius 1 is 1.70 bits per heavy atom. The van der Waals surface area contributed by atoms with E-state index in [2.05, 4.69) is 17.5 Å². The predicted octanol–water partition coefficient (Wildman–Crippen LogP) is 0.811. The number of thioether (sulfide) groups is 1. The first-order valence-electron chi connectivity index (χ1n) is 3.34. The number of aliphatic hydroxyl groups excluding tert-OH is 1. The fourth-order valence-electron chi connectivity index (χ4n) is 1.22. The third kappa shape index (κ3) is 1.00. The first-order chi connectivity index (χ1) is 4.86. The van der Waals surface area contributed by atoms with Crippen LogP contribution in [0.5, 0.6) is 0 Å². The minimum absolute atomic E-state index is 0.380. The van der Waals surface area contributed by atoms with Gasteiger partial charge in [-0.25, -0.2) is 0 Å². The van der Waals surface area contributed by atoms with Gasteiger partial charge in [-0.3, -0.25) is 5.32 Å². The second-order valence-electron chi connectivity index (χ2n) is 2.42. The van der Waals surface area contributed by atoms with Crippen molar-refractivity contribution in [3.63, 3.8) is 0 Å². The van der Waals surface area contributed by atoms with Crippen LogP contribution in [0.2, 0.25) is 0 Å². The summed E-state index contributed by atoms with van der Waals surface area (Å²) in [5, 5.41) is 12.2. The molecule has 1 aliphatic carbocycles. The van der Waals surface area contributed by atoms with E-state index in [1.807, 2.05) is 6.08 Å². The fraction of sp³-hybridized carbons (Fsp3) is 0.429. The van der Waals surface area contributed by atoms with Crippen molar-refractivity contribution in [1.29, 1.82) is 0 Å². The maximum atomic E-state index is 9.14. The van der Waals surface area contributed by atoms with Crippen molar-refractivity contribution >= 4 is 11.8 Å². The van der Waals surface area contributed by atoms with Gasteiger partial charge in [0.2, 0.25) is 0 Å². The zero-order valence-electron chi connectivity index (χ0n) is 5.45. The van der Waals surface area contributed by atoms with Gasteiger partial charge in [0, 0.05) is 10.9 Å². The molecule has 0 aromatic rings. The van der Waals surface area contributed by atoms with Gasteiger partial charge in [0.25, 0.3) is 0 Å². The monoisotopic (exact) mass is 155 g/mol. The van der Waals surface area contributed by atoms with E-state index in [1.54, 1.807) is 0 Å². The standard InChI is InChI=1S/C7H9NOS/c9-7-8-5-3-1-2-4-6(5)10-7/h1-2,4-5,7-9H,3H2. The lowest BCUT2D eigenvalue weighted by molar-refractivity contribution is 0.223.